The molecule has 1 aliphatic carbocycles. The fraction of sp³-hybridized carbons (Fsp3) is 0.533. The van der Waals surface area contributed by atoms with Gasteiger partial charge in [0.25, 0.3) is 0 Å². The summed E-state index contributed by atoms with van der Waals surface area (Å²) in [5.74, 6) is 0. The van der Waals surface area contributed by atoms with E-state index in [0.29, 0.717) is 0 Å². The quantitative estimate of drug-likeness (QED) is 0.745. The molecule has 3 rings (SSSR count). The van der Waals surface area contributed by atoms with Crippen LogP contribution in [0, 0.1) is 13.8 Å². The highest BCUT2D eigenvalue weighted by Gasteiger charge is 2.17. The van der Waals surface area contributed by atoms with Crippen molar-refractivity contribution in [2.24, 2.45) is 0 Å². The number of hydrogen-bond acceptors (Lipinski definition) is 2. The number of nitrogens with zero attached hydrogens (tertiary/aromatic N) is 1. The monoisotopic (exact) mass is 243 g/mol. The number of aromatic amines is 1. The van der Waals surface area contributed by atoms with E-state index in [4.69, 9.17) is 10.7 Å². The molecule has 0 fully saturated rings. The van der Waals surface area contributed by atoms with Crippen molar-refractivity contribution in [2.45, 2.75) is 52.4 Å². The first-order chi connectivity index (χ1) is 8.68. The summed E-state index contributed by atoms with van der Waals surface area (Å²) in [7, 11) is 0. The molecule has 3 nitrogen and oxygen atoms in total. The normalized spacial score (nSPS) is 16.3. The first kappa shape index (κ1) is 11.6. The van der Waals surface area contributed by atoms with Gasteiger partial charge in [0.1, 0.15) is 5.65 Å². The molecule has 0 aromatic carbocycles. The van der Waals surface area contributed by atoms with Gasteiger partial charge in [-0.25, -0.2) is 4.98 Å². The Balaban J connectivity index is 2.26. The third-order valence-corrected chi connectivity index (χ3v) is 4.26. The van der Waals surface area contributed by atoms with Crippen LogP contribution in [0.25, 0.3) is 11.0 Å². The van der Waals surface area contributed by atoms with Crippen LogP contribution < -0.4 is 5.73 Å². The van der Waals surface area contributed by atoms with E-state index >= 15 is 0 Å². The third kappa shape index (κ3) is 1.69. The summed E-state index contributed by atoms with van der Waals surface area (Å²) >= 11 is 0. The summed E-state index contributed by atoms with van der Waals surface area (Å²) in [6.07, 6.45) is 7.29. The molecule has 0 aliphatic heterocycles. The molecule has 1 aliphatic rings. The average molecular weight is 243 g/mol. The molecule has 0 amide bonds. The summed E-state index contributed by atoms with van der Waals surface area (Å²) in [5, 5.41) is 1.15. The van der Waals surface area contributed by atoms with Gasteiger partial charge in [-0.3, -0.25) is 0 Å². The fourth-order valence-corrected chi connectivity index (χ4v) is 3.05. The smallest absolute Gasteiger partial charge is 0.140 e. The molecule has 0 spiro atoms. The Kier molecular flexibility index (Phi) is 2.77. The Morgan fingerprint density at radius 3 is 2.56 bits per heavy atom. The predicted molar refractivity (Wildman–Crippen MR) is 75.9 cm³/mol. The first-order valence-electron chi connectivity index (χ1n) is 6.94. The van der Waals surface area contributed by atoms with Gasteiger partial charge in [-0.2, -0.15) is 0 Å². The van der Waals surface area contributed by atoms with Crippen LogP contribution in [-0.4, -0.2) is 9.97 Å². The van der Waals surface area contributed by atoms with Crippen LogP contribution in [-0.2, 0) is 12.8 Å². The molecule has 18 heavy (non-hydrogen) atoms. The third-order valence-electron chi connectivity index (χ3n) is 4.26. The topological polar surface area (TPSA) is 54.7 Å². The number of nitrogen functional groups attached to an aromatic ring is 1. The number of fused-ring (bicyclic) bond motifs is 2. The summed E-state index contributed by atoms with van der Waals surface area (Å²) < 4.78 is 0. The second kappa shape index (κ2) is 4.30. The number of aromatic nitrogens is 2. The predicted octanol–water partition coefficient (Wildman–Crippen LogP) is 3.42. The zero-order valence-electron chi connectivity index (χ0n) is 11.3. The van der Waals surface area contributed by atoms with Crippen LogP contribution in [0.5, 0.6) is 0 Å². The van der Waals surface area contributed by atoms with E-state index in [2.05, 4.69) is 18.8 Å². The number of hydrogen-bond donors (Lipinski definition) is 2. The number of H-pyrrole nitrogens is 1. The maximum Gasteiger partial charge on any atom is 0.140 e. The van der Waals surface area contributed by atoms with Gasteiger partial charge in [-0.05, 0) is 50.7 Å². The first-order valence-corrected chi connectivity index (χ1v) is 6.94. The van der Waals surface area contributed by atoms with Gasteiger partial charge in [-0.1, -0.05) is 12.8 Å². The molecule has 3 heteroatoms. The van der Waals surface area contributed by atoms with Crippen molar-refractivity contribution in [3.8, 4) is 0 Å². The molecule has 2 heterocycles. The van der Waals surface area contributed by atoms with Crippen molar-refractivity contribution in [3.05, 3.63) is 22.5 Å². The van der Waals surface area contributed by atoms with E-state index in [0.717, 1.165) is 29.6 Å². The van der Waals surface area contributed by atoms with Crippen LogP contribution in [0.3, 0.4) is 0 Å². The molecule has 0 unspecified atom stereocenters. The molecule has 0 radical (unpaired) electrons. The number of nitrogens with one attached hydrogen (secondary N) is 1. The molecule has 96 valence electrons. The van der Waals surface area contributed by atoms with Crippen LogP contribution in [0.1, 0.15) is 48.2 Å². The van der Waals surface area contributed by atoms with E-state index in [1.165, 1.54) is 48.2 Å². The number of aryl methyl sites for hydroxylation is 3. The van der Waals surface area contributed by atoms with Crippen molar-refractivity contribution in [2.75, 3.05) is 5.73 Å². The second-order valence-corrected chi connectivity index (χ2v) is 5.46. The minimum absolute atomic E-state index is 0.971. The molecule has 0 saturated carbocycles. The summed E-state index contributed by atoms with van der Waals surface area (Å²) in [4.78, 5) is 8.19. The molecule has 0 atom stereocenters. The van der Waals surface area contributed by atoms with Gasteiger partial charge < -0.3 is 10.7 Å². The number of nitrogens with two attached hydrogens (primary N) is 1. The van der Waals surface area contributed by atoms with Crippen LogP contribution in [0.4, 0.5) is 5.69 Å². The Labute approximate surface area is 108 Å². The highest BCUT2D eigenvalue weighted by Crippen LogP contribution is 2.32. The van der Waals surface area contributed by atoms with E-state index in [1.807, 2.05) is 0 Å². The molecule has 3 N–H and O–H groups in total. The van der Waals surface area contributed by atoms with Crippen molar-refractivity contribution < 1.29 is 0 Å². The minimum Gasteiger partial charge on any atom is -0.398 e. The van der Waals surface area contributed by atoms with E-state index < -0.39 is 0 Å². The molecule has 2 aromatic heterocycles. The Morgan fingerprint density at radius 1 is 1.06 bits per heavy atom. The number of rotatable bonds is 0. The maximum atomic E-state index is 6.41. The van der Waals surface area contributed by atoms with Gasteiger partial charge >= 0.3 is 0 Å². The van der Waals surface area contributed by atoms with Crippen molar-refractivity contribution >= 4 is 16.7 Å². The van der Waals surface area contributed by atoms with Gasteiger partial charge in [0.15, 0.2) is 0 Å². The zero-order chi connectivity index (χ0) is 12.7. The van der Waals surface area contributed by atoms with Gasteiger partial charge in [0, 0.05) is 22.5 Å². The maximum absolute atomic E-state index is 6.41. The number of pyridine rings is 1. The highest BCUT2D eigenvalue weighted by molar-refractivity contribution is 5.94. The SMILES string of the molecule is Cc1[nH]c2nc3c(c(N)c2c1C)CCCCCC3. The van der Waals surface area contributed by atoms with Crippen LogP contribution in [0.15, 0.2) is 0 Å². The standard InChI is InChI=1S/C15H21N3/c1-9-10(2)17-15-13(9)14(16)11-7-5-3-4-6-8-12(11)18-15/h3-8H2,1-2H3,(H3,16,17,18). The van der Waals surface area contributed by atoms with E-state index in [-0.39, 0.29) is 0 Å². The average Bonchev–Trinajstić information content (AvgIpc) is 2.58. The lowest BCUT2D eigenvalue weighted by Gasteiger charge is -2.16. The molecule has 0 bridgehead atoms. The second-order valence-electron chi connectivity index (χ2n) is 5.46. The van der Waals surface area contributed by atoms with Crippen molar-refractivity contribution in [1.29, 1.82) is 0 Å². The van der Waals surface area contributed by atoms with Gasteiger partial charge in [0.05, 0.1) is 0 Å². The lowest BCUT2D eigenvalue weighted by molar-refractivity contribution is 0.611. The van der Waals surface area contributed by atoms with Crippen molar-refractivity contribution in [1.82, 2.24) is 9.97 Å². The van der Waals surface area contributed by atoms with Crippen LogP contribution in [0.2, 0.25) is 0 Å². The van der Waals surface area contributed by atoms with Crippen LogP contribution >= 0.6 is 0 Å². The highest BCUT2D eigenvalue weighted by atomic mass is 14.9. The Hall–Kier alpha value is -1.51. The van der Waals surface area contributed by atoms with E-state index in [9.17, 15) is 0 Å². The van der Waals surface area contributed by atoms with E-state index in [1.54, 1.807) is 0 Å². The Morgan fingerprint density at radius 2 is 1.78 bits per heavy atom. The summed E-state index contributed by atoms with van der Waals surface area (Å²) in [6.45, 7) is 4.22. The largest absolute Gasteiger partial charge is 0.398 e. The molecule has 0 saturated heterocycles. The minimum atomic E-state index is 0.971. The van der Waals surface area contributed by atoms with Gasteiger partial charge in [0.2, 0.25) is 0 Å². The fourth-order valence-electron chi connectivity index (χ4n) is 3.05. The lowest BCUT2D eigenvalue weighted by Crippen LogP contribution is -2.07. The molecule has 2 aromatic rings. The zero-order valence-corrected chi connectivity index (χ0v) is 11.3. The molecular formula is C15H21N3. The summed E-state index contributed by atoms with van der Waals surface area (Å²) in [6, 6.07) is 0. The molecular weight excluding hydrogens is 222 g/mol. The summed E-state index contributed by atoms with van der Waals surface area (Å²) in [5.41, 5.74) is 13.3. The lowest BCUT2D eigenvalue weighted by atomic mass is 9.94. The Bertz CT molecular complexity index is 596. The van der Waals surface area contributed by atoms with Crippen molar-refractivity contribution in [3.63, 3.8) is 0 Å². The van der Waals surface area contributed by atoms with Gasteiger partial charge in [-0.15, -0.1) is 0 Å². The number of anilines is 1.